The molecule has 1 N–H and O–H groups in total. The van der Waals surface area contributed by atoms with Crippen LogP contribution in [0, 0.1) is 13.8 Å². The van der Waals surface area contributed by atoms with Crippen LogP contribution in [0.15, 0.2) is 78.0 Å². The summed E-state index contributed by atoms with van der Waals surface area (Å²) in [6.07, 6.45) is 4.95. The number of rotatable bonds is 8. The summed E-state index contributed by atoms with van der Waals surface area (Å²) >= 11 is 1.60. The molecule has 0 bridgehead atoms. The molecule has 5 aromatic rings. The van der Waals surface area contributed by atoms with Gasteiger partial charge in [-0.1, -0.05) is 47.7 Å². The molecule has 5 nitrogen and oxygen atoms in total. The van der Waals surface area contributed by atoms with Crippen molar-refractivity contribution >= 4 is 43.8 Å². The van der Waals surface area contributed by atoms with Crippen LogP contribution >= 0.6 is 11.3 Å². The Labute approximate surface area is 197 Å². The lowest BCUT2D eigenvalue weighted by Gasteiger charge is -2.09. The molecule has 0 atom stereocenters. The van der Waals surface area contributed by atoms with Gasteiger partial charge in [0.25, 0.3) is 0 Å². The van der Waals surface area contributed by atoms with Gasteiger partial charge in [0.1, 0.15) is 5.75 Å². The second-order valence-electron chi connectivity index (χ2n) is 8.18. The number of aromatic nitrogens is 2. The number of fused-ring (bicyclic) bond motifs is 2. The number of aryl methyl sites for hydroxylation is 3. The zero-order valence-electron chi connectivity index (χ0n) is 18.8. The molecule has 2 heterocycles. The minimum Gasteiger partial charge on any atom is -0.494 e. The van der Waals surface area contributed by atoms with E-state index < -0.39 is 0 Å². The Hall–Kier alpha value is -3.64. The quantitative estimate of drug-likeness (QED) is 0.160. The first-order valence-electron chi connectivity index (χ1n) is 11.1. The van der Waals surface area contributed by atoms with Gasteiger partial charge >= 0.3 is 0 Å². The second-order valence-corrected chi connectivity index (χ2v) is 9.21. The van der Waals surface area contributed by atoms with Crippen LogP contribution in [0.1, 0.15) is 23.1 Å². The first-order valence-corrected chi connectivity index (χ1v) is 11.9. The minimum atomic E-state index is 0.679. The van der Waals surface area contributed by atoms with E-state index in [1.807, 2.05) is 24.4 Å². The highest BCUT2D eigenvalue weighted by Gasteiger charge is 2.07. The molecular weight excluding hydrogens is 428 g/mol. The number of anilines is 1. The van der Waals surface area contributed by atoms with Gasteiger partial charge < -0.3 is 9.30 Å². The Balaban J connectivity index is 1.25. The SMILES string of the molecule is Cc1cc(C)cc(OCCCn2cc(/C=N\Nc3nc4ccccc4s3)c3ccccc32)c1. The highest BCUT2D eigenvalue weighted by atomic mass is 32.1. The highest BCUT2D eigenvalue weighted by Crippen LogP contribution is 2.25. The summed E-state index contributed by atoms with van der Waals surface area (Å²) in [7, 11) is 0. The summed E-state index contributed by atoms with van der Waals surface area (Å²) in [5.41, 5.74) is 8.80. The number of ether oxygens (including phenoxy) is 1. The molecule has 0 aliphatic rings. The van der Waals surface area contributed by atoms with Crippen LogP contribution in [0.2, 0.25) is 0 Å². The summed E-state index contributed by atoms with van der Waals surface area (Å²) in [5, 5.41) is 6.43. The Morgan fingerprint density at radius 2 is 1.82 bits per heavy atom. The molecule has 6 heteroatoms. The molecule has 0 radical (unpaired) electrons. The molecule has 166 valence electrons. The Kier molecular flexibility index (Phi) is 6.09. The van der Waals surface area contributed by atoms with Gasteiger partial charge in [0.2, 0.25) is 5.13 Å². The molecule has 33 heavy (non-hydrogen) atoms. The zero-order valence-corrected chi connectivity index (χ0v) is 19.6. The van der Waals surface area contributed by atoms with Crippen LogP contribution < -0.4 is 10.2 Å². The standard InChI is InChI=1S/C27H26N4OS/c1-19-14-20(2)16-22(15-19)32-13-7-12-31-18-21(23-8-3-5-10-25(23)31)17-28-30-27-29-24-9-4-6-11-26(24)33-27/h3-6,8-11,14-18H,7,12-13H2,1-2H3,(H,29,30)/b28-17-. The van der Waals surface area contributed by atoms with E-state index in [-0.39, 0.29) is 0 Å². The maximum Gasteiger partial charge on any atom is 0.204 e. The molecule has 0 saturated carbocycles. The van der Waals surface area contributed by atoms with E-state index in [2.05, 4.69) is 88.7 Å². The highest BCUT2D eigenvalue weighted by molar-refractivity contribution is 7.22. The van der Waals surface area contributed by atoms with E-state index in [4.69, 9.17) is 4.74 Å². The molecular formula is C27H26N4OS. The molecule has 3 aromatic carbocycles. The predicted molar refractivity (Wildman–Crippen MR) is 139 cm³/mol. The van der Waals surface area contributed by atoms with Crippen LogP contribution in [0.3, 0.4) is 0 Å². The molecule has 0 aliphatic carbocycles. The third kappa shape index (κ3) is 4.91. The van der Waals surface area contributed by atoms with Gasteiger partial charge in [0.05, 0.1) is 23.0 Å². The summed E-state index contributed by atoms with van der Waals surface area (Å²) in [6.45, 7) is 5.75. The van der Waals surface area contributed by atoms with Gasteiger partial charge in [-0.05, 0) is 61.7 Å². The molecule has 0 saturated heterocycles. The van der Waals surface area contributed by atoms with Crippen molar-refractivity contribution in [3.05, 3.63) is 89.6 Å². The molecule has 2 aromatic heterocycles. The Morgan fingerprint density at radius 3 is 2.67 bits per heavy atom. The minimum absolute atomic E-state index is 0.679. The van der Waals surface area contributed by atoms with Crippen LogP contribution in [0.25, 0.3) is 21.1 Å². The van der Waals surface area contributed by atoms with Crippen molar-refractivity contribution in [3.8, 4) is 5.75 Å². The molecule has 0 aliphatic heterocycles. The fraction of sp³-hybridized carbons (Fsp3) is 0.185. The van der Waals surface area contributed by atoms with Crippen molar-refractivity contribution in [2.24, 2.45) is 5.10 Å². The van der Waals surface area contributed by atoms with Gasteiger partial charge in [-0.3, -0.25) is 5.43 Å². The lowest BCUT2D eigenvalue weighted by Crippen LogP contribution is -2.04. The van der Waals surface area contributed by atoms with Crippen molar-refractivity contribution in [1.82, 2.24) is 9.55 Å². The topological polar surface area (TPSA) is 51.4 Å². The molecule has 0 unspecified atom stereocenters. The van der Waals surface area contributed by atoms with E-state index in [1.165, 1.54) is 22.0 Å². The summed E-state index contributed by atoms with van der Waals surface area (Å²) in [6, 6.07) is 22.9. The smallest absolute Gasteiger partial charge is 0.204 e. The number of para-hydroxylation sites is 2. The first-order chi connectivity index (χ1) is 16.2. The number of hydrogen-bond donors (Lipinski definition) is 1. The van der Waals surface area contributed by atoms with Gasteiger partial charge in [-0.15, -0.1) is 0 Å². The van der Waals surface area contributed by atoms with Crippen LogP contribution in [-0.4, -0.2) is 22.4 Å². The third-order valence-corrected chi connectivity index (χ3v) is 6.43. The number of nitrogens with zero attached hydrogens (tertiary/aromatic N) is 3. The Morgan fingerprint density at radius 1 is 1.03 bits per heavy atom. The fourth-order valence-corrected chi connectivity index (χ4v) is 4.90. The largest absolute Gasteiger partial charge is 0.494 e. The van der Waals surface area contributed by atoms with Crippen molar-refractivity contribution in [2.45, 2.75) is 26.8 Å². The number of nitrogens with one attached hydrogen (secondary N) is 1. The van der Waals surface area contributed by atoms with Crippen LogP contribution in [0.5, 0.6) is 5.75 Å². The predicted octanol–water partition coefficient (Wildman–Crippen LogP) is 6.78. The fourth-order valence-electron chi connectivity index (χ4n) is 4.08. The number of thiazole rings is 1. The first kappa shape index (κ1) is 21.2. The zero-order chi connectivity index (χ0) is 22.6. The van der Waals surface area contributed by atoms with E-state index >= 15 is 0 Å². The summed E-state index contributed by atoms with van der Waals surface area (Å²) in [5.74, 6) is 0.943. The van der Waals surface area contributed by atoms with Gasteiger partial charge in [-0.25, -0.2) is 4.98 Å². The normalized spacial score (nSPS) is 11.6. The molecule has 0 amide bonds. The molecule has 5 rings (SSSR count). The van der Waals surface area contributed by atoms with E-state index in [9.17, 15) is 0 Å². The van der Waals surface area contributed by atoms with Crippen molar-refractivity contribution in [2.75, 3.05) is 12.0 Å². The molecule has 0 fully saturated rings. The maximum atomic E-state index is 5.99. The van der Waals surface area contributed by atoms with Gasteiger partial charge in [0.15, 0.2) is 0 Å². The summed E-state index contributed by atoms with van der Waals surface area (Å²) in [4.78, 5) is 4.57. The third-order valence-electron chi connectivity index (χ3n) is 5.48. The number of hydrazone groups is 1. The maximum absolute atomic E-state index is 5.99. The average molecular weight is 455 g/mol. The Bertz CT molecular complexity index is 1380. The van der Waals surface area contributed by atoms with Crippen molar-refractivity contribution in [1.29, 1.82) is 0 Å². The van der Waals surface area contributed by atoms with E-state index in [1.54, 1.807) is 11.3 Å². The monoisotopic (exact) mass is 454 g/mol. The van der Waals surface area contributed by atoms with Crippen LogP contribution in [0.4, 0.5) is 5.13 Å². The van der Waals surface area contributed by atoms with Gasteiger partial charge in [0, 0.05) is 29.2 Å². The lowest BCUT2D eigenvalue weighted by atomic mass is 10.1. The van der Waals surface area contributed by atoms with Crippen LogP contribution in [-0.2, 0) is 6.54 Å². The van der Waals surface area contributed by atoms with E-state index in [0.29, 0.717) is 6.61 Å². The second kappa shape index (κ2) is 9.46. The average Bonchev–Trinajstić information content (AvgIpc) is 3.37. The van der Waals surface area contributed by atoms with Gasteiger partial charge in [-0.2, -0.15) is 5.10 Å². The van der Waals surface area contributed by atoms with Crippen molar-refractivity contribution < 1.29 is 4.74 Å². The van der Waals surface area contributed by atoms with Crippen molar-refractivity contribution in [3.63, 3.8) is 0 Å². The lowest BCUT2D eigenvalue weighted by molar-refractivity contribution is 0.302. The van der Waals surface area contributed by atoms with E-state index in [0.717, 1.165) is 39.6 Å². The number of benzene rings is 3. The molecule has 0 spiro atoms. The number of hydrogen-bond acceptors (Lipinski definition) is 5. The summed E-state index contributed by atoms with van der Waals surface area (Å²) < 4.78 is 9.42.